The topological polar surface area (TPSA) is 83.8 Å². The Kier molecular flexibility index (Phi) is 4.46. The van der Waals surface area contributed by atoms with E-state index < -0.39 is 0 Å². The summed E-state index contributed by atoms with van der Waals surface area (Å²) in [6.07, 6.45) is 1.68. The highest BCUT2D eigenvalue weighted by Crippen LogP contribution is 2.27. The normalized spacial score (nSPS) is 10.4. The Labute approximate surface area is 116 Å². The number of hydrogen-bond acceptors (Lipinski definition) is 4. The van der Waals surface area contributed by atoms with Crippen molar-refractivity contribution >= 4 is 23.4 Å². The number of aromatic amines is 1. The number of anilines is 1. The Morgan fingerprint density at radius 3 is 2.95 bits per heavy atom. The van der Waals surface area contributed by atoms with Crippen LogP contribution in [0.3, 0.4) is 0 Å². The molecule has 0 radical (unpaired) electrons. The van der Waals surface area contributed by atoms with Gasteiger partial charge in [0.2, 0.25) is 5.91 Å². The summed E-state index contributed by atoms with van der Waals surface area (Å²) in [5.41, 5.74) is 8.18. The molecule has 6 heteroatoms. The highest BCUT2D eigenvalue weighted by Gasteiger charge is 2.06. The van der Waals surface area contributed by atoms with E-state index in [9.17, 15) is 4.79 Å². The van der Waals surface area contributed by atoms with Gasteiger partial charge in [0.15, 0.2) is 0 Å². The number of nitrogens with one attached hydrogen (secondary N) is 2. The van der Waals surface area contributed by atoms with Crippen molar-refractivity contribution in [2.75, 3.05) is 11.1 Å². The summed E-state index contributed by atoms with van der Waals surface area (Å²) < 4.78 is 0. The summed E-state index contributed by atoms with van der Waals surface area (Å²) >= 11 is 1.43. The van der Waals surface area contributed by atoms with Gasteiger partial charge in [0.25, 0.3) is 0 Å². The van der Waals surface area contributed by atoms with Gasteiger partial charge in [-0.2, -0.15) is 0 Å². The largest absolute Gasteiger partial charge is 0.378 e. The molecule has 0 saturated carbocycles. The van der Waals surface area contributed by atoms with Crippen LogP contribution >= 0.6 is 11.8 Å². The first kappa shape index (κ1) is 13.5. The number of thioether (sulfide) groups is 1. The molecule has 1 amide bonds. The number of carbonyl (C=O) groups is 1. The van der Waals surface area contributed by atoms with Gasteiger partial charge < -0.3 is 16.0 Å². The van der Waals surface area contributed by atoms with Gasteiger partial charge in [0, 0.05) is 16.3 Å². The van der Waals surface area contributed by atoms with Crippen LogP contribution in [0.5, 0.6) is 0 Å². The number of imidazole rings is 1. The first-order valence-corrected chi connectivity index (χ1v) is 6.88. The predicted molar refractivity (Wildman–Crippen MR) is 77.0 cm³/mol. The van der Waals surface area contributed by atoms with E-state index in [-0.39, 0.29) is 11.7 Å². The molecule has 0 aliphatic heterocycles. The molecule has 4 N–H and O–H groups in total. The number of amides is 1. The summed E-state index contributed by atoms with van der Waals surface area (Å²) in [4.78, 5) is 19.1. The van der Waals surface area contributed by atoms with Gasteiger partial charge >= 0.3 is 0 Å². The first-order valence-electron chi connectivity index (χ1n) is 5.89. The molecule has 0 spiro atoms. The van der Waals surface area contributed by atoms with E-state index in [2.05, 4.69) is 15.3 Å². The van der Waals surface area contributed by atoms with Gasteiger partial charge in [0.05, 0.1) is 24.3 Å². The van der Waals surface area contributed by atoms with E-state index in [0.717, 1.165) is 22.0 Å². The van der Waals surface area contributed by atoms with Crippen LogP contribution in [0, 0.1) is 6.92 Å². The molecule has 0 aliphatic carbocycles. The third kappa shape index (κ3) is 3.75. The summed E-state index contributed by atoms with van der Waals surface area (Å²) in [6, 6.07) is 7.83. The molecule has 0 aliphatic rings. The fourth-order valence-electron chi connectivity index (χ4n) is 1.63. The van der Waals surface area contributed by atoms with Crippen molar-refractivity contribution < 1.29 is 4.79 Å². The highest BCUT2D eigenvalue weighted by atomic mass is 32.2. The standard InChI is InChI=1S/C13H16N4OS/c1-9-11(17-8-16-9)6-15-10-4-2-3-5-12(10)19-7-13(14)18/h2-5,8,15H,6-7H2,1H3,(H2,14,18)(H,16,17). The molecule has 0 saturated heterocycles. The number of benzene rings is 1. The number of H-pyrrole nitrogens is 1. The predicted octanol–water partition coefficient (Wildman–Crippen LogP) is 1.91. The first-order chi connectivity index (χ1) is 9.16. The van der Waals surface area contributed by atoms with Crippen molar-refractivity contribution in [3.05, 3.63) is 42.0 Å². The van der Waals surface area contributed by atoms with Crippen LogP contribution in [-0.2, 0) is 11.3 Å². The number of nitrogens with zero attached hydrogens (tertiary/aromatic N) is 1. The zero-order chi connectivity index (χ0) is 13.7. The van der Waals surface area contributed by atoms with Gasteiger partial charge in [-0.25, -0.2) is 4.98 Å². The number of hydrogen-bond donors (Lipinski definition) is 3. The van der Waals surface area contributed by atoms with Crippen molar-refractivity contribution in [2.24, 2.45) is 5.73 Å². The maximum atomic E-state index is 10.8. The maximum absolute atomic E-state index is 10.8. The van der Waals surface area contributed by atoms with Crippen LogP contribution in [0.15, 0.2) is 35.5 Å². The Balaban J connectivity index is 2.03. The zero-order valence-corrected chi connectivity index (χ0v) is 11.5. The van der Waals surface area contributed by atoms with Crippen LogP contribution in [0.4, 0.5) is 5.69 Å². The maximum Gasteiger partial charge on any atom is 0.227 e. The minimum absolute atomic E-state index is 0.278. The Hall–Kier alpha value is -1.95. The van der Waals surface area contributed by atoms with Gasteiger partial charge in [-0.3, -0.25) is 4.79 Å². The zero-order valence-electron chi connectivity index (χ0n) is 10.6. The molecule has 2 rings (SSSR count). The number of carbonyl (C=O) groups excluding carboxylic acids is 1. The molecule has 19 heavy (non-hydrogen) atoms. The molecule has 1 aromatic heterocycles. The van der Waals surface area contributed by atoms with Crippen LogP contribution in [0.2, 0.25) is 0 Å². The van der Waals surface area contributed by atoms with E-state index in [1.54, 1.807) is 6.33 Å². The second kappa shape index (κ2) is 6.29. The van der Waals surface area contributed by atoms with Crippen molar-refractivity contribution in [2.45, 2.75) is 18.4 Å². The van der Waals surface area contributed by atoms with Crippen molar-refractivity contribution in [1.29, 1.82) is 0 Å². The molecule has 0 atom stereocenters. The number of para-hydroxylation sites is 1. The average molecular weight is 276 g/mol. The molecule has 5 nitrogen and oxygen atoms in total. The van der Waals surface area contributed by atoms with E-state index >= 15 is 0 Å². The lowest BCUT2D eigenvalue weighted by atomic mass is 10.3. The van der Waals surface area contributed by atoms with Crippen molar-refractivity contribution in [3.8, 4) is 0 Å². The second-order valence-electron chi connectivity index (χ2n) is 4.08. The van der Waals surface area contributed by atoms with Gasteiger partial charge in [-0.15, -0.1) is 11.8 Å². The van der Waals surface area contributed by atoms with E-state index in [1.807, 2.05) is 31.2 Å². The van der Waals surface area contributed by atoms with E-state index in [4.69, 9.17) is 5.73 Å². The summed E-state index contributed by atoms with van der Waals surface area (Å²) in [5.74, 6) is -0.0388. The Bertz CT molecular complexity index is 567. The fraction of sp³-hybridized carbons (Fsp3) is 0.231. The third-order valence-corrected chi connectivity index (χ3v) is 3.73. The van der Waals surface area contributed by atoms with Crippen molar-refractivity contribution in [1.82, 2.24) is 9.97 Å². The molecular formula is C13H16N4OS. The third-order valence-electron chi connectivity index (χ3n) is 2.64. The smallest absolute Gasteiger partial charge is 0.227 e. The second-order valence-corrected chi connectivity index (χ2v) is 5.10. The lowest BCUT2D eigenvalue weighted by Gasteiger charge is -2.10. The molecule has 0 unspecified atom stereocenters. The molecular weight excluding hydrogens is 260 g/mol. The van der Waals surface area contributed by atoms with Crippen molar-refractivity contribution in [3.63, 3.8) is 0 Å². The molecule has 1 aromatic carbocycles. The van der Waals surface area contributed by atoms with Crippen LogP contribution < -0.4 is 11.1 Å². The molecule has 2 aromatic rings. The number of aromatic nitrogens is 2. The summed E-state index contributed by atoms with van der Waals surface area (Å²) in [5, 5.41) is 3.32. The lowest BCUT2D eigenvalue weighted by molar-refractivity contribution is -0.115. The number of nitrogens with two attached hydrogens (primary N) is 1. The minimum Gasteiger partial charge on any atom is -0.378 e. The van der Waals surface area contributed by atoms with E-state index in [0.29, 0.717) is 6.54 Å². The van der Waals surface area contributed by atoms with Gasteiger partial charge in [-0.05, 0) is 19.1 Å². The Morgan fingerprint density at radius 1 is 1.47 bits per heavy atom. The fourth-order valence-corrected chi connectivity index (χ4v) is 2.40. The molecule has 0 fully saturated rings. The van der Waals surface area contributed by atoms with Crippen LogP contribution in [0.25, 0.3) is 0 Å². The van der Waals surface area contributed by atoms with E-state index in [1.165, 1.54) is 11.8 Å². The minimum atomic E-state index is -0.317. The number of rotatable bonds is 6. The van der Waals surface area contributed by atoms with Crippen LogP contribution in [0.1, 0.15) is 11.4 Å². The molecule has 100 valence electrons. The quantitative estimate of drug-likeness (QED) is 0.704. The van der Waals surface area contributed by atoms with Gasteiger partial charge in [0.1, 0.15) is 0 Å². The van der Waals surface area contributed by atoms with Crippen LogP contribution in [-0.4, -0.2) is 21.6 Å². The molecule has 0 bridgehead atoms. The highest BCUT2D eigenvalue weighted by molar-refractivity contribution is 8.00. The summed E-state index contributed by atoms with van der Waals surface area (Å²) in [6.45, 7) is 2.63. The molecule has 1 heterocycles. The average Bonchev–Trinajstić information content (AvgIpc) is 2.80. The number of primary amides is 1. The SMILES string of the molecule is Cc1[nH]cnc1CNc1ccccc1SCC(N)=O. The Morgan fingerprint density at radius 2 is 2.26 bits per heavy atom. The number of aryl methyl sites for hydroxylation is 1. The lowest BCUT2D eigenvalue weighted by Crippen LogP contribution is -2.13. The van der Waals surface area contributed by atoms with Gasteiger partial charge in [-0.1, -0.05) is 12.1 Å². The summed E-state index contributed by atoms with van der Waals surface area (Å²) in [7, 11) is 0. The monoisotopic (exact) mass is 276 g/mol.